The highest BCUT2D eigenvalue weighted by molar-refractivity contribution is 5.76. The molecule has 0 aromatic heterocycles. The average molecular weight is 682 g/mol. The Hall–Kier alpha value is -1.63. The summed E-state index contributed by atoms with van der Waals surface area (Å²) in [6.07, 6.45) is 24.4. The van der Waals surface area contributed by atoms with E-state index in [9.17, 15) is 14.4 Å². The molecular formula is C41H79NO6. The zero-order chi connectivity index (χ0) is 36.1. The summed E-state index contributed by atoms with van der Waals surface area (Å²) in [6.45, 7) is 14.3. The predicted molar refractivity (Wildman–Crippen MR) is 200 cm³/mol. The molecule has 0 radical (unpaired) electrons. The second-order valence-electron chi connectivity index (χ2n) is 15.8. The number of rotatable bonds is 33. The van der Waals surface area contributed by atoms with Crippen molar-refractivity contribution in [3.8, 4) is 0 Å². The minimum absolute atomic E-state index is 0.0811. The maximum Gasteiger partial charge on any atom is 0.311 e. The Morgan fingerprint density at radius 2 is 0.938 bits per heavy atom. The number of carbonyl (C=O) groups excluding carboxylic acids is 3. The van der Waals surface area contributed by atoms with E-state index in [0.29, 0.717) is 19.6 Å². The second kappa shape index (κ2) is 29.1. The molecule has 0 bridgehead atoms. The van der Waals surface area contributed by atoms with Crippen LogP contribution in [0.25, 0.3) is 0 Å². The molecule has 0 aromatic carbocycles. The summed E-state index contributed by atoms with van der Waals surface area (Å²) in [5.41, 5.74) is -0.954. The van der Waals surface area contributed by atoms with E-state index >= 15 is 0 Å². The number of esters is 3. The van der Waals surface area contributed by atoms with Gasteiger partial charge in [0.25, 0.3) is 0 Å². The second-order valence-corrected chi connectivity index (χ2v) is 15.8. The number of nitrogens with zero attached hydrogens (tertiary/aromatic N) is 1. The molecule has 0 aliphatic carbocycles. The topological polar surface area (TPSA) is 82.1 Å². The Kier molecular flexibility index (Phi) is 28.1. The number of carbonyl (C=O) groups is 3. The Morgan fingerprint density at radius 3 is 1.35 bits per heavy atom. The van der Waals surface area contributed by atoms with Crippen molar-refractivity contribution in [3.63, 3.8) is 0 Å². The van der Waals surface area contributed by atoms with Crippen LogP contribution in [0, 0.1) is 10.8 Å². The zero-order valence-corrected chi connectivity index (χ0v) is 33.1. The lowest BCUT2D eigenvalue weighted by atomic mass is 9.86. The first-order chi connectivity index (χ1) is 22.9. The maximum atomic E-state index is 12.7. The van der Waals surface area contributed by atoms with Crippen LogP contribution in [0.2, 0.25) is 0 Å². The van der Waals surface area contributed by atoms with Crippen molar-refractivity contribution < 1.29 is 28.6 Å². The fourth-order valence-corrected chi connectivity index (χ4v) is 5.97. The molecule has 0 aliphatic rings. The van der Waals surface area contributed by atoms with Gasteiger partial charge in [-0.3, -0.25) is 14.4 Å². The average Bonchev–Trinajstić information content (AvgIpc) is 3.02. The van der Waals surface area contributed by atoms with Crippen LogP contribution in [0.3, 0.4) is 0 Å². The van der Waals surface area contributed by atoms with Gasteiger partial charge in [-0.15, -0.1) is 0 Å². The highest BCUT2D eigenvalue weighted by Crippen LogP contribution is 2.28. The van der Waals surface area contributed by atoms with Crippen LogP contribution in [-0.4, -0.2) is 62.8 Å². The van der Waals surface area contributed by atoms with E-state index in [1.165, 1.54) is 51.4 Å². The predicted octanol–water partition coefficient (Wildman–Crippen LogP) is 11.0. The third-order valence-corrected chi connectivity index (χ3v) is 9.51. The van der Waals surface area contributed by atoms with Gasteiger partial charge in [0.1, 0.15) is 6.10 Å². The van der Waals surface area contributed by atoms with Crippen molar-refractivity contribution >= 4 is 17.9 Å². The van der Waals surface area contributed by atoms with Gasteiger partial charge >= 0.3 is 17.9 Å². The number of hydrogen-bond donors (Lipinski definition) is 0. The summed E-state index contributed by atoms with van der Waals surface area (Å²) in [5.74, 6) is -0.282. The van der Waals surface area contributed by atoms with Gasteiger partial charge in [0, 0.05) is 6.42 Å². The normalized spacial score (nSPS) is 12.1. The zero-order valence-electron chi connectivity index (χ0n) is 33.1. The summed E-state index contributed by atoms with van der Waals surface area (Å²) >= 11 is 0. The molecule has 7 heteroatoms. The lowest BCUT2D eigenvalue weighted by Gasteiger charge is -2.23. The van der Waals surface area contributed by atoms with Crippen LogP contribution in [0.5, 0.6) is 0 Å². The van der Waals surface area contributed by atoms with Crippen LogP contribution in [0.4, 0.5) is 0 Å². The van der Waals surface area contributed by atoms with Gasteiger partial charge in [0.2, 0.25) is 0 Å². The van der Waals surface area contributed by atoms with Crippen LogP contribution in [-0.2, 0) is 28.6 Å². The van der Waals surface area contributed by atoms with E-state index in [1.54, 1.807) is 0 Å². The molecule has 0 atom stereocenters. The molecule has 0 saturated heterocycles. The third-order valence-electron chi connectivity index (χ3n) is 9.51. The molecule has 0 aromatic rings. The molecule has 0 fully saturated rings. The van der Waals surface area contributed by atoms with Crippen molar-refractivity contribution in [2.75, 3.05) is 33.9 Å². The van der Waals surface area contributed by atoms with Crippen molar-refractivity contribution in [1.29, 1.82) is 0 Å². The Labute approximate surface area is 297 Å². The summed E-state index contributed by atoms with van der Waals surface area (Å²) in [4.78, 5) is 40.1. The van der Waals surface area contributed by atoms with E-state index < -0.39 is 10.8 Å². The van der Waals surface area contributed by atoms with E-state index in [-0.39, 0.29) is 24.0 Å². The summed E-state index contributed by atoms with van der Waals surface area (Å²) < 4.78 is 17.2. The highest BCUT2D eigenvalue weighted by Gasteiger charge is 2.29. The Balaban J connectivity index is 4.54. The SMILES string of the molecule is CCCCCCCCOC(=O)C(C)(C)CCCCCC(CCCCCC(C)(C)C(=O)OCCCCCCCC)OC(=O)CCCN(C)C. The van der Waals surface area contributed by atoms with Gasteiger partial charge in [-0.25, -0.2) is 0 Å². The number of hydrogen-bond acceptors (Lipinski definition) is 7. The van der Waals surface area contributed by atoms with Crippen molar-refractivity contribution in [2.24, 2.45) is 10.8 Å². The lowest BCUT2D eigenvalue weighted by molar-refractivity contribution is -0.155. The molecule has 284 valence electrons. The van der Waals surface area contributed by atoms with Crippen molar-refractivity contribution in [1.82, 2.24) is 4.90 Å². The molecule has 0 saturated carbocycles. The van der Waals surface area contributed by atoms with E-state index in [0.717, 1.165) is 103 Å². The first-order valence-electron chi connectivity index (χ1n) is 20.0. The van der Waals surface area contributed by atoms with Gasteiger partial charge in [-0.05, 0) is 106 Å². The molecular weight excluding hydrogens is 602 g/mol. The van der Waals surface area contributed by atoms with Crippen LogP contribution in [0.1, 0.15) is 196 Å². The van der Waals surface area contributed by atoms with Crippen LogP contribution < -0.4 is 0 Å². The van der Waals surface area contributed by atoms with Gasteiger partial charge < -0.3 is 19.1 Å². The fourth-order valence-electron chi connectivity index (χ4n) is 5.97. The summed E-state index contributed by atoms with van der Waals surface area (Å²) in [7, 11) is 4.03. The lowest BCUT2D eigenvalue weighted by Crippen LogP contribution is -2.27. The summed E-state index contributed by atoms with van der Waals surface area (Å²) in [6, 6.07) is 0. The maximum absolute atomic E-state index is 12.7. The molecule has 0 heterocycles. The smallest absolute Gasteiger partial charge is 0.311 e. The standard InChI is InChI=1S/C41H79NO6/c1-9-11-13-15-17-25-34-46-38(44)40(3,4)31-23-19-21-28-36(48-37(43)30-27-33-42(7)8)29-22-20-24-32-41(5,6)39(45)47-35-26-18-16-14-12-10-2/h36H,9-35H2,1-8H3. The van der Waals surface area contributed by atoms with Crippen molar-refractivity contribution in [2.45, 2.75) is 202 Å². The van der Waals surface area contributed by atoms with Gasteiger partial charge in [0.05, 0.1) is 24.0 Å². The van der Waals surface area contributed by atoms with Crippen molar-refractivity contribution in [3.05, 3.63) is 0 Å². The van der Waals surface area contributed by atoms with Crippen LogP contribution in [0.15, 0.2) is 0 Å². The summed E-state index contributed by atoms with van der Waals surface area (Å²) in [5, 5.41) is 0. The Bertz CT molecular complexity index is 757. The molecule has 0 rings (SSSR count). The van der Waals surface area contributed by atoms with E-state index in [4.69, 9.17) is 14.2 Å². The minimum atomic E-state index is -0.477. The largest absolute Gasteiger partial charge is 0.465 e. The van der Waals surface area contributed by atoms with Gasteiger partial charge in [-0.1, -0.05) is 104 Å². The molecule has 0 N–H and O–H groups in total. The van der Waals surface area contributed by atoms with Crippen LogP contribution >= 0.6 is 0 Å². The third kappa shape index (κ3) is 26.3. The first-order valence-corrected chi connectivity index (χ1v) is 20.0. The highest BCUT2D eigenvalue weighted by atomic mass is 16.5. The molecule has 0 unspecified atom stereocenters. The van der Waals surface area contributed by atoms with E-state index in [2.05, 4.69) is 18.7 Å². The molecule has 7 nitrogen and oxygen atoms in total. The van der Waals surface area contributed by atoms with E-state index in [1.807, 2.05) is 41.8 Å². The Morgan fingerprint density at radius 1 is 0.542 bits per heavy atom. The molecule has 0 spiro atoms. The van der Waals surface area contributed by atoms with Gasteiger partial charge in [0.15, 0.2) is 0 Å². The molecule has 0 amide bonds. The monoisotopic (exact) mass is 682 g/mol. The molecule has 48 heavy (non-hydrogen) atoms. The number of unbranched alkanes of at least 4 members (excludes halogenated alkanes) is 14. The molecule has 0 aliphatic heterocycles. The minimum Gasteiger partial charge on any atom is -0.465 e. The quantitative estimate of drug-likeness (QED) is 0.0387. The number of ether oxygens (including phenoxy) is 3. The first kappa shape index (κ1) is 46.4. The van der Waals surface area contributed by atoms with Gasteiger partial charge in [-0.2, -0.15) is 0 Å². The fraction of sp³-hybridized carbons (Fsp3) is 0.927.